The van der Waals surface area contributed by atoms with Crippen LogP contribution in [-0.2, 0) is 0 Å². The Morgan fingerprint density at radius 3 is 2.80 bits per heavy atom. The van der Waals surface area contributed by atoms with Crippen LogP contribution in [0.5, 0.6) is 0 Å². The Hall–Kier alpha value is -0.280. The third kappa shape index (κ3) is 3.35. The third-order valence-electron chi connectivity index (χ3n) is 2.49. The topological polar surface area (TPSA) is 16.1 Å². The zero-order valence-electron chi connectivity index (χ0n) is 9.30. The zero-order valence-corrected chi connectivity index (χ0v) is 11.6. The van der Waals surface area contributed by atoms with Gasteiger partial charge in [-0.25, -0.2) is 4.98 Å². The van der Waals surface area contributed by atoms with Crippen LogP contribution < -0.4 is 4.90 Å². The lowest BCUT2D eigenvalue weighted by atomic mass is 10.2. The van der Waals surface area contributed by atoms with Crippen molar-refractivity contribution in [3.8, 4) is 0 Å². The normalized spacial score (nSPS) is 12.6. The fraction of sp³-hybridized carbons (Fsp3) is 0.545. The molecule has 0 saturated carbocycles. The minimum absolute atomic E-state index is 0.486. The summed E-state index contributed by atoms with van der Waals surface area (Å²) >= 11 is 9.33. The van der Waals surface area contributed by atoms with Crippen LogP contribution in [0.4, 0.5) is 5.82 Å². The first-order valence-electron chi connectivity index (χ1n) is 5.10. The lowest BCUT2D eigenvalue weighted by molar-refractivity contribution is 0.610. The van der Waals surface area contributed by atoms with Gasteiger partial charge in [0.05, 0.1) is 9.50 Å². The second kappa shape index (κ2) is 5.71. The molecule has 0 aliphatic heterocycles. The molecular formula is C11H16BrClN2. The van der Waals surface area contributed by atoms with Gasteiger partial charge in [0.15, 0.2) is 0 Å². The van der Waals surface area contributed by atoms with Gasteiger partial charge in [-0.1, -0.05) is 24.9 Å². The molecule has 1 aromatic rings. The first kappa shape index (κ1) is 12.8. The fourth-order valence-electron chi connectivity index (χ4n) is 1.49. The molecule has 1 rings (SSSR count). The Kier molecular flexibility index (Phi) is 4.87. The first-order valence-corrected chi connectivity index (χ1v) is 6.27. The minimum atomic E-state index is 0.486. The van der Waals surface area contributed by atoms with Crippen molar-refractivity contribution in [3.63, 3.8) is 0 Å². The van der Waals surface area contributed by atoms with Crippen molar-refractivity contribution >= 4 is 33.3 Å². The molecule has 1 heterocycles. The first-order chi connectivity index (χ1) is 7.06. The van der Waals surface area contributed by atoms with Crippen molar-refractivity contribution in [1.82, 2.24) is 4.98 Å². The zero-order chi connectivity index (χ0) is 11.4. The van der Waals surface area contributed by atoms with E-state index in [9.17, 15) is 0 Å². The maximum atomic E-state index is 5.85. The molecule has 0 radical (unpaired) electrons. The van der Waals surface area contributed by atoms with E-state index in [-0.39, 0.29) is 0 Å². The van der Waals surface area contributed by atoms with Gasteiger partial charge in [0.2, 0.25) is 0 Å². The summed E-state index contributed by atoms with van der Waals surface area (Å²) in [7, 11) is 2.06. The van der Waals surface area contributed by atoms with Crippen molar-refractivity contribution in [2.45, 2.75) is 32.7 Å². The lowest BCUT2D eigenvalue weighted by Crippen LogP contribution is -2.29. The van der Waals surface area contributed by atoms with E-state index in [1.165, 1.54) is 6.42 Å². The van der Waals surface area contributed by atoms with Crippen molar-refractivity contribution in [3.05, 3.63) is 21.8 Å². The number of pyridine rings is 1. The third-order valence-corrected chi connectivity index (χ3v) is 3.28. The second-order valence-corrected chi connectivity index (χ2v) is 5.00. The summed E-state index contributed by atoms with van der Waals surface area (Å²) in [6.45, 7) is 4.39. The van der Waals surface area contributed by atoms with Gasteiger partial charge in [0.1, 0.15) is 5.82 Å². The summed E-state index contributed by atoms with van der Waals surface area (Å²) in [4.78, 5) is 6.50. The molecule has 0 aliphatic rings. The van der Waals surface area contributed by atoms with Gasteiger partial charge in [0.25, 0.3) is 0 Å². The van der Waals surface area contributed by atoms with Gasteiger partial charge in [-0.3, -0.25) is 0 Å². The molecule has 0 fully saturated rings. The Morgan fingerprint density at radius 1 is 1.60 bits per heavy atom. The number of aromatic nitrogens is 1. The van der Waals surface area contributed by atoms with E-state index in [0.29, 0.717) is 11.1 Å². The van der Waals surface area contributed by atoms with Crippen molar-refractivity contribution in [1.29, 1.82) is 0 Å². The quantitative estimate of drug-likeness (QED) is 0.829. The van der Waals surface area contributed by atoms with E-state index in [2.05, 4.69) is 46.7 Å². The van der Waals surface area contributed by atoms with Crippen LogP contribution in [-0.4, -0.2) is 18.1 Å². The molecule has 0 bridgehead atoms. The smallest absolute Gasteiger partial charge is 0.142 e. The number of hydrogen-bond acceptors (Lipinski definition) is 2. The maximum absolute atomic E-state index is 5.85. The predicted octanol–water partition coefficient (Wildman–Crippen LogP) is 4.12. The van der Waals surface area contributed by atoms with Crippen LogP contribution in [0, 0.1) is 0 Å². The van der Waals surface area contributed by atoms with Gasteiger partial charge < -0.3 is 4.90 Å². The fourth-order valence-corrected chi connectivity index (χ4v) is 2.41. The SMILES string of the molecule is CCCC(C)N(C)c1ncc(Cl)cc1Br. The summed E-state index contributed by atoms with van der Waals surface area (Å²) in [5, 5.41) is 0.655. The number of halogens is 2. The van der Waals surface area contributed by atoms with Crippen molar-refractivity contribution in [2.24, 2.45) is 0 Å². The van der Waals surface area contributed by atoms with Gasteiger partial charge in [-0.2, -0.15) is 0 Å². The highest BCUT2D eigenvalue weighted by Gasteiger charge is 2.13. The number of nitrogens with zero attached hydrogens (tertiary/aromatic N) is 2. The van der Waals surface area contributed by atoms with Gasteiger partial charge in [0, 0.05) is 19.3 Å². The summed E-state index contributed by atoms with van der Waals surface area (Å²) in [6.07, 6.45) is 4.01. The highest BCUT2D eigenvalue weighted by atomic mass is 79.9. The molecule has 0 amide bonds. The summed E-state index contributed by atoms with van der Waals surface area (Å²) < 4.78 is 0.945. The van der Waals surface area contributed by atoms with Crippen molar-refractivity contribution < 1.29 is 0 Å². The van der Waals surface area contributed by atoms with Crippen LogP contribution in [0.1, 0.15) is 26.7 Å². The van der Waals surface area contributed by atoms with Crippen LogP contribution in [0.25, 0.3) is 0 Å². The molecule has 84 valence electrons. The Morgan fingerprint density at radius 2 is 2.27 bits per heavy atom. The molecule has 0 aromatic carbocycles. The summed E-state index contributed by atoms with van der Waals surface area (Å²) in [5.74, 6) is 0.945. The summed E-state index contributed by atoms with van der Waals surface area (Å²) in [5.41, 5.74) is 0. The number of rotatable bonds is 4. The monoisotopic (exact) mass is 290 g/mol. The largest absolute Gasteiger partial charge is 0.356 e. The minimum Gasteiger partial charge on any atom is -0.356 e. The van der Waals surface area contributed by atoms with Crippen LogP contribution >= 0.6 is 27.5 Å². The second-order valence-electron chi connectivity index (χ2n) is 3.71. The Balaban J connectivity index is 2.86. The Labute approximate surface area is 105 Å². The van der Waals surface area contributed by atoms with E-state index in [1.807, 2.05) is 6.07 Å². The molecular weight excluding hydrogens is 275 g/mol. The lowest BCUT2D eigenvalue weighted by Gasteiger charge is -2.26. The van der Waals surface area contributed by atoms with Crippen molar-refractivity contribution in [2.75, 3.05) is 11.9 Å². The number of anilines is 1. The van der Waals surface area contributed by atoms with Gasteiger partial charge in [-0.15, -0.1) is 0 Å². The molecule has 1 atom stereocenters. The molecule has 0 aliphatic carbocycles. The molecule has 0 spiro atoms. The average molecular weight is 292 g/mol. The molecule has 15 heavy (non-hydrogen) atoms. The average Bonchev–Trinajstić information content (AvgIpc) is 2.17. The highest BCUT2D eigenvalue weighted by Crippen LogP contribution is 2.27. The molecule has 0 N–H and O–H groups in total. The van der Waals surface area contributed by atoms with E-state index in [0.717, 1.165) is 16.7 Å². The predicted molar refractivity (Wildman–Crippen MR) is 69.7 cm³/mol. The molecule has 1 unspecified atom stereocenters. The van der Waals surface area contributed by atoms with E-state index in [4.69, 9.17) is 11.6 Å². The maximum Gasteiger partial charge on any atom is 0.142 e. The van der Waals surface area contributed by atoms with Gasteiger partial charge >= 0.3 is 0 Å². The van der Waals surface area contributed by atoms with E-state index >= 15 is 0 Å². The standard InChI is InChI=1S/C11H16BrClN2/c1-4-5-8(2)15(3)11-10(12)6-9(13)7-14-11/h6-8H,4-5H2,1-3H3. The molecule has 2 nitrogen and oxygen atoms in total. The molecule has 4 heteroatoms. The Bertz CT molecular complexity index is 330. The van der Waals surface area contributed by atoms with Crippen LogP contribution in [0.2, 0.25) is 5.02 Å². The van der Waals surface area contributed by atoms with Gasteiger partial charge in [-0.05, 0) is 35.3 Å². The highest BCUT2D eigenvalue weighted by molar-refractivity contribution is 9.10. The van der Waals surface area contributed by atoms with Crippen LogP contribution in [0.3, 0.4) is 0 Å². The van der Waals surface area contributed by atoms with E-state index in [1.54, 1.807) is 6.20 Å². The number of hydrogen-bond donors (Lipinski definition) is 0. The molecule has 0 saturated heterocycles. The summed E-state index contributed by atoms with van der Waals surface area (Å²) in [6, 6.07) is 2.36. The molecule has 1 aromatic heterocycles. The van der Waals surface area contributed by atoms with Crippen LogP contribution in [0.15, 0.2) is 16.7 Å². The van der Waals surface area contributed by atoms with E-state index < -0.39 is 0 Å².